The minimum atomic E-state index is -0.510. The van der Waals surface area contributed by atoms with Gasteiger partial charge >= 0.3 is 0 Å². The van der Waals surface area contributed by atoms with Crippen molar-refractivity contribution in [2.75, 3.05) is 6.61 Å². The molecule has 0 radical (unpaired) electrons. The van der Waals surface area contributed by atoms with E-state index < -0.39 is 10.8 Å². The zero-order valence-electron chi connectivity index (χ0n) is 21.7. The molecule has 1 amide bonds. The Kier molecular flexibility index (Phi) is 7.78. The average molecular weight is 531 g/mol. The quantitative estimate of drug-likeness (QED) is 0.128. The third-order valence-corrected chi connectivity index (χ3v) is 6.26. The number of ether oxygens (including phenoxy) is 1. The molecule has 1 N–H and O–H groups in total. The van der Waals surface area contributed by atoms with Crippen molar-refractivity contribution < 1.29 is 14.5 Å². The summed E-state index contributed by atoms with van der Waals surface area (Å²) in [5.41, 5.74) is 8.30. The molecule has 5 aromatic rings. The number of hydrogen-bond donors (Lipinski definition) is 1. The summed E-state index contributed by atoms with van der Waals surface area (Å²) in [6, 6.07) is 35.4. The maximum Gasteiger partial charge on any atom is 0.271 e. The van der Waals surface area contributed by atoms with Gasteiger partial charge in [0.1, 0.15) is 5.75 Å². The molecule has 5 rings (SSSR count). The molecule has 8 nitrogen and oxygen atoms in total. The van der Waals surface area contributed by atoms with E-state index in [0.29, 0.717) is 6.61 Å². The average Bonchev–Trinajstić information content (AvgIpc) is 3.38. The van der Waals surface area contributed by atoms with E-state index in [1.807, 2.05) is 97.9 Å². The highest BCUT2D eigenvalue weighted by molar-refractivity contribution is 5.97. The van der Waals surface area contributed by atoms with Crippen LogP contribution in [0.25, 0.3) is 28.2 Å². The molecule has 0 spiro atoms. The SMILES string of the molecule is CCOc1ccc(-n2c(-c3ccccc3)cc(/C=N\NC(=O)c3ccc([N+](=O)[O-])cc3)c2-c2ccccc2)cc1. The van der Waals surface area contributed by atoms with Gasteiger partial charge in [-0.2, -0.15) is 5.10 Å². The Morgan fingerprint density at radius 3 is 2.12 bits per heavy atom. The number of aromatic nitrogens is 1. The molecule has 0 aliphatic heterocycles. The normalized spacial score (nSPS) is 10.9. The Hall–Kier alpha value is -5.50. The van der Waals surface area contributed by atoms with Gasteiger partial charge in [0, 0.05) is 28.9 Å². The lowest BCUT2D eigenvalue weighted by molar-refractivity contribution is -0.384. The van der Waals surface area contributed by atoms with Crippen LogP contribution < -0.4 is 10.2 Å². The van der Waals surface area contributed by atoms with Crippen LogP contribution in [0.15, 0.2) is 120 Å². The fourth-order valence-corrected chi connectivity index (χ4v) is 4.43. The van der Waals surface area contributed by atoms with Crippen molar-refractivity contribution in [3.63, 3.8) is 0 Å². The van der Waals surface area contributed by atoms with Crippen molar-refractivity contribution in [1.82, 2.24) is 9.99 Å². The molecule has 0 aliphatic rings. The number of carbonyl (C=O) groups excluding carboxylic acids is 1. The highest BCUT2D eigenvalue weighted by Gasteiger charge is 2.19. The first-order valence-corrected chi connectivity index (χ1v) is 12.7. The van der Waals surface area contributed by atoms with Crippen molar-refractivity contribution in [3.8, 4) is 34.0 Å². The van der Waals surface area contributed by atoms with Crippen molar-refractivity contribution in [2.24, 2.45) is 5.10 Å². The fraction of sp³-hybridized carbons (Fsp3) is 0.0625. The number of benzene rings is 4. The molecule has 198 valence electrons. The number of nitro benzene ring substituents is 1. The minimum Gasteiger partial charge on any atom is -0.494 e. The second-order valence-electron chi connectivity index (χ2n) is 8.83. The van der Waals surface area contributed by atoms with Gasteiger partial charge in [-0.3, -0.25) is 14.9 Å². The monoisotopic (exact) mass is 530 g/mol. The second kappa shape index (κ2) is 11.9. The van der Waals surface area contributed by atoms with Crippen LogP contribution in [0.3, 0.4) is 0 Å². The summed E-state index contributed by atoms with van der Waals surface area (Å²) in [7, 11) is 0. The predicted octanol–water partition coefficient (Wildman–Crippen LogP) is 6.88. The molecule has 0 saturated carbocycles. The Morgan fingerprint density at radius 1 is 0.900 bits per heavy atom. The second-order valence-corrected chi connectivity index (χ2v) is 8.83. The van der Waals surface area contributed by atoms with Crippen molar-refractivity contribution in [1.29, 1.82) is 0 Å². The number of hydrazone groups is 1. The fourth-order valence-electron chi connectivity index (χ4n) is 4.43. The molecular formula is C32H26N4O4. The van der Waals surface area contributed by atoms with Crippen molar-refractivity contribution in [2.45, 2.75) is 6.92 Å². The number of non-ortho nitro benzene ring substituents is 1. The molecule has 8 heteroatoms. The third kappa shape index (κ3) is 5.66. The van der Waals surface area contributed by atoms with Gasteiger partial charge in [0.25, 0.3) is 11.6 Å². The van der Waals surface area contributed by atoms with Gasteiger partial charge in [0.2, 0.25) is 0 Å². The molecule has 0 unspecified atom stereocenters. The number of nitro groups is 1. The summed E-state index contributed by atoms with van der Waals surface area (Å²) < 4.78 is 7.82. The van der Waals surface area contributed by atoms with E-state index in [4.69, 9.17) is 4.74 Å². The van der Waals surface area contributed by atoms with E-state index in [1.54, 1.807) is 6.21 Å². The molecular weight excluding hydrogens is 504 g/mol. The predicted molar refractivity (Wildman–Crippen MR) is 156 cm³/mol. The highest BCUT2D eigenvalue weighted by atomic mass is 16.6. The third-order valence-electron chi connectivity index (χ3n) is 6.26. The van der Waals surface area contributed by atoms with Gasteiger partial charge in [-0.15, -0.1) is 0 Å². The summed E-state index contributed by atoms with van der Waals surface area (Å²) >= 11 is 0. The Morgan fingerprint density at radius 2 is 1.52 bits per heavy atom. The lowest BCUT2D eigenvalue weighted by atomic mass is 10.1. The van der Waals surface area contributed by atoms with Gasteiger partial charge in [0.15, 0.2) is 0 Å². The van der Waals surface area contributed by atoms with Gasteiger partial charge < -0.3 is 9.30 Å². The van der Waals surface area contributed by atoms with Crippen LogP contribution in [0.4, 0.5) is 5.69 Å². The molecule has 1 heterocycles. The van der Waals surface area contributed by atoms with Crippen LogP contribution in [-0.2, 0) is 0 Å². The lowest BCUT2D eigenvalue weighted by Gasteiger charge is -2.15. The molecule has 1 aromatic heterocycles. The number of nitrogens with one attached hydrogen (secondary N) is 1. The zero-order chi connectivity index (χ0) is 27.9. The van der Waals surface area contributed by atoms with E-state index in [9.17, 15) is 14.9 Å². The van der Waals surface area contributed by atoms with E-state index in [2.05, 4.69) is 15.1 Å². The van der Waals surface area contributed by atoms with E-state index in [0.717, 1.165) is 39.5 Å². The van der Waals surface area contributed by atoms with Crippen LogP contribution >= 0.6 is 0 Å². The number of amides is 1. The molecule has 0 bridgehead atoms. The van der Waals surface area contributed by atoms with E-state index >= 15 is 0 Å². The number of hydrogen-bond acceptors (Lipinski definition) is 5. The summed E-state index contributed by atoms with van der Waals surface area (Å²) in [6.45, 7) is 2.53. The van der Waals surface area contributed by atoms with Gasteiger partial charge in [0.05, 0.1) is 29.1 Å². The molecule has 0 fully saturated rings. The molecule has 4 aromatic carbocycles. The zero-order valence-corrected chi connectivity index (χ0v) is 21.7. The molecule has 0 atom stereocenters. The maximum absolute atomic E-state index is 12.7. The summed E-state index contributed by atoms with van der Waals surface area (Å²) in [5.74, 6) is 0.318. The smallest absolute Gasteiger partial charge is 0.271 e. The number of nitrogens with zero attached hydrogens (tertiary/aromatic N) is 3. The van der Waals surface area contributed by atoms with Crippen LogP contribution in [0.2, 0.25) is 0 Å². The highest BCUT2D eigenvalue weighted by Crippen LogP contribution is 2.35. The van der Waals surface area contributed by atoms with Crippen LogP contribution in [0, 0.1) is 10.1 Å². The van der Waals surface area contributed by atoms with E-state index in [1.165, 1.54) is 24.3 Å². The summed E-state index contributed by atoms with van der Waals surface area (Å²) in [4.78, 5) is 23.1. The number of carbonyl (C=O) groups is 1. The summed E-state index contributed by atoms with van der Waals surface area (Å²) in [6.07, 6.45) is 1.61. The summed E-state index contributed by atoms with van der Waals surface area (Å²) in [5, 5.41) is 15.2. The van der Waals surface area contributed by atoms with Gasteiger partial charge in [-0.25, -0.2) is 5.43 Å². The van der Waals surface area contributed by atoms with Crippen molar-refractivity contribution >= 4 is 17.8 Å². The molecule has 40 heavy (non-hydrogen) atoms. The first-order valence-electron chi connectivity index (χ1n) is 12.7. The Labute approximate surface area is 231 Å². The van der Waals surface area contributed by atoms with Crippen molar-refractivity contribution in [3.05, 3.63) is 137 Å². The standard InChI is InChI=1S/C32H26N4O4/c1-2-40-29-19-17-27(18-20-29)35-30(23-9-5-3-6-10-23)21-26(31(35)24-11-7-4-8-12-24)22-33-34-32(37)25-13-15-28(16-14-25)36(38)39/h3-22H,2H2,1H3,(H,34,37)/b33-22-. The Bertz CT molecular complexity index is 1640. The molecule has 0 aliphatic carbocycles. The minimum absolute atomic E-state index is 0.0865. The topological polar surface area (TPSA) is 98.8 Å². The van der Waals surface area contributed by atoms with E-state index in [-0.39, 0.29) is 11.3 Å². The first kappa shape index (κ1) is 26.1. The van der Waals surface area contributed by atoms with Gasteiger partial charge in [-0.1, -0.05) is 60.7 Å². The van der Waals surface area contributed by atoms with Crippen LogP contribution in [0.1, 0.15) is 22.8 Å². The number of rotatable bonds is 9. The largest absolute Gasteiger partial charge is 0.494 e. The lowest BCUT2D eigenvalue weighted by Crippen LogP contribution is -2.17. The Balaban J connectivity index is 1.57. The van der Waals surface area contributed by atoms with Crippen LogP contribution in [0.5, 0.6) is 5.75 Å². The van der Waals surface area contributed by atoms with Gasteiger partial charge in [-0.05, 0) is 60.5 Å². The first-order chi connectivity index (χ1) is 19.5. The van der Waals surface area contributed by atoms with Crippen LogP contribution in [-0.4, -0.2) is 28.2 Å². The maximum atomic E-state index is 12.7. The molecule has 0 saturated heterocycles.